The Morgan fingerprint density at radius 2 is 2.21 bits per heavy atom. The summed E-state index contributed by atoms with van der Waals surface area (Å²) in [5, 5.41) is 10.0. The Balaban J connectivity index is 2.07. The summed E-state index contributed by atoms with van der Waals surface area (Å²) in [7, 11) is 0. The van der Waals surface area contributed by atoms with E-state index in [9.17, 15) is 4.79 Å². The first-order valence-electron chi connectivity index (χ1n) is 6.39. The number of aliphatic carboxylic acids is 1. The normalized spacial score (nSPS) is 13.0. The lowest BCUT2D eigenvalue weighted by atomic mass is 10.2. The van der Waals surface area contributed by atoms with Gasteiger partial charge < -0.3 is 5.11 Å². The first-order valence-corrected chi connectivity index (χ1v) is 7.21. The zero-order chi connectivity index (χ0) is 13.8. The van der Waals surface area contributed by atoms with Gasteiger partial charge >= 0.3 is 5.97 Å². The maximum Gasteiger partial charge on any atom is 0.307 e. The topological polar surface area (TPSA) is 53.4 Å². The van der Waals surface area contributed by atoms with Gasteiger partial charge in [-0.25, -0.2) is 4.98 Å². The van der Waals surface area contributed by atoms with Crippen molar-refractivity contribution < 1.29 is 9.90 Å². The molecule has 4 nitrogen and oxygen atoms in total. The van der Waals surface area contributed by atoms with Crippen LogP contribution in [-0.4, -0.2) is 34.0 Å². The third-order valence-electron chi connectivity index (χ3n) is 3.10. The lowest BCUT2D eigenvalue weighted by Crippen LogP contribution is -2.31. The molecule has 0 saturated carbocycles. The maximum absolute atomic E-state index is 10.9. The molecule has 1 unspecified atom stereocenters. The third-order valence-corrected chi connectivity index (χ3v) is 4.12. The number of thiazole rings is 1. The molecule has 19 heavy (non-hydrogen) atoms. The number of hydrogen-bond donors (Lipinski definition) is 1. The number of rotatable bonds is 6. The highest BCUT2D eigenvalue weighted by Gasteiger charge is 2.16. The standard InChI is InChI=1S/C14H18N2O2S/c1-3-16(8-10(2)14(17)18)9-13-15-11-6-4-5-7-12(11)19-13/h4-7,10H,3,8-9H2,1-2H3,(H,17,18). The van der Waals surface area contributed by atoms with Gasteiger partial charge in [0.1, 0.15) is 5.01 Å². The van der Waals surface area contributed by atoms with E-state index in [1.807, 2.05) is 25.1 Å². The molecule has 0 radical (unpaired) electrons. The van der Waals surface area contributed by atoms with Gasteiger partial charge in [-0.1, -0.05) is 26.0 Å². The summed E-state index contributed by atoms with van der Waals surface area (Å²) in [6, 6.07) is 8.06. The molecular weight excluding hydrogens is 260 g/mol. The molecule has 0 fully saturated rings. The molecule has 0 spiro atoms. The summed E-state index contributed by atoms with van der Waals surface area (Å²) >= 11 is 1.68. The van der Waals surface area contributed by atoms with Crippen molar-refractivity contribution in [1.82, 2.24) is 9.88 Å². The van der Waals surface area contributed by atoms with Crippen LogP contribution >= 0.6 is 11.3 Å². The van der Waals surface area contributed by atoms with Crippen LogP contribution in [0.25, 0.3) is 10.2 Å². The second kappa shape index (κ2) is 6.12. The van der Waals surface area contributed by atoms with Gasteiger partial charge in [0.2, 0.25) is 0 Å². The molecular formula is C14H18N2O2S. The molecule has 0 aliphatic heterocycles. The zero-order valence-electron chi connectivity index (χ0n) is 11.2. The minimum Gasteiger partial charge on any atom is -0.481 e. The van der Waals surface area contributed by atoms with E-state index >= 15 is 0 Å². The monoisotopic (exact) mass is 278 g/mol. The molecule has 5 heteroatoms. The van der Waals surface area contributed by atoms with Crippen molar-refractivity contribution in [1.29, 1.82) is 0 Å². The Hall–Kier alpha value is -1.46. The number of carboxylic acids is 1. The van der Waals surface area contributed by atoms with E-state index in [2.05, 4.69) is 16.0 Å². The summed E-state index contributed by atoms with van der Waals surface area (Å²) in [5.74, 6) is -1.10. The Morgan fingerprint density at radius 3 is 2.84 bits per heavy atom. The summed E-state index contributed by atoms with van der Waals surface area (Å²) in [6.45, 7) is 5.88. The average Bonchev–Trinajstić information content (AvgIpc) is 2.79. The van der Waals surface area contributed by atoms with Crippen molar-refractivity contribution in [3.8, 4) is 0 Å². The minimum atomic E-state index is -0.747. The first kappa shape index (κ1) is 14.0. The van der Waals surface area contributed by atoms with Crippen molar-refractivity contribution >= 4 is 27.5 Å². The number of nitrogens with zero attached hydrogens (tertiary/aromatic N) is 2. The highest BCUT2D eigenvalue weighted by atomic mass is 32.1. The summed E-state index contributed by atoms with van der Waals surface area (Å²) in [5.41, 5.74) is 1.02. The molecule has 2 aromatic rings. The lowest BCUT2D eigenvalue weighted by molar-refractivity contribution is -0.141. The highest BCUT2D eigenvalue weighted by Crippen LogP contribution is 2.22. The van der Waals surface area contributed by atoms with Crippen LogP contribution in [0.2, 0.25) is 0 Å². The molecule has 0 saturated heterocycles. The van der Waals surface area contributed by atoms with Gasteiger partial charge in [0, 0.05) is 6.54 Å². The number of aromatic nitrogens is 1. The van der Waals surface area contributed by atoms with Crippen LogP contribution in [0.1, 0.15) is 18.9 Å². The average molecular weight is 278 g/mol. The van der Waals surface area contributed by atoms with Crippen LogP contribution in [-0.2, 0) is 11.3 Å². The minimum absolute atomic E-state index is 0.352. The van der Waals surface area contributed by atoms with E-state index in [0.717, 1.165) is 17.1 Å². The molecule has 1 aromatic heterocycles. The van der Waals surface area contributed by atoms with Crippen LogP contribution < -0.4 is 0 Å². The van der Waals surface area contributed by atoms with Gasteiger partial charge in [0.15, 0.2) is 0 Å². The highest BCUT2D eigenvalue weighted by molar-refractivity contribution is 7.18. The summed E-state index contributed by atoms with van der Waals surface area (Å²) in [6.07, 6.45) is 0. The predicted octanol–water partition coefficient (Wildman–Crippen LogP) is 2.84. The third kappa shape index (κ3) is 3.52. The Bertz CT molecular complexity index is 534. The Kier molecular flexibility index (Phi) is 4.50. The fraction of sp³-hybridized carbons (Fsp3) is 0.429. The van der Waals surface area contributed by atoms with E-state index in [1.54, 1.807) is 18.3 Å². The smallest absolute Gasteiger partial charge is 0.307 e. The van der Waals surface area contributed by atoms with Crippen LogP contribution in [0.4, 0.5) is 0 Å². The van der Waals surface area contributed by atoms with E-state index in [0.29, 0.717) is 13.1 Å². The number of para-hydroxylation sites is 1. The largest absolute Gasteiger partial charge is 0.481 e. The Morgan fingerprint density at radius 1 is 1.47 bits per heavy atom. The second-order valence-corrected chi connectivity index (χ2v) is 5.76. The molecule has 1 atom stereocenters. The first-order chi connectivity index (χ1) is 9.10. The van der Waals surface area contributed by atoms with Gasteiger partial charge in [-0.15, -0.1) is 11.3 Å². The summed E-state index contributed by atoms with van der Waals surface area (Å²) in [4.78, 5) is 17.6. The van der Waals surface area contributed by atoms with E-state index in [1.165, 1.54) is 4.70 Å². The van der Waals surface area contributed by atoms with Crippen LogP contribution in [0.15, 0.2) is 24.3 Å². The molecule has 2 rings (SSSR count). The Labute approximate surface area is 116 Å². The maximum atomic E-state index is 10.9. The van der Waals surface area contributed by atoms with Gasteiger partial charge in [-0.05, 0) is 18.7 Å². The summed E-state index contributed by atoms with van der Waals surface area (Å²) < 4.78 is 1.18. The number of hydrogen-bond acceptors (Lipinski definition) is 4. The van der Waals surface area contributed by atoms with Crippen LogP contribution in [0.3, 0.4) is 0 Å². The predicted molar refractivity (Wildman–Crippen MR) is 77.4 cm³/mol. The van der Waals surface area contributed by atoms with Crippen LogP contribution in [0.5, 0.6) is 0 Å². The van der Waals surface area contributed by atoms with Crippen molar-refractivity contribution in [3.05, 3.63) is 29.3 Å². The van der Waals surface area contributed by atoms with Gasteiger partial charge in [0.05, 0.1) is 22.7 Å². The molecule has 0 bridgehead atoms. The van der Waals surface area contributed by atoms with Crippen molar-refractivity contribution in [2.75, 3.05) is 13.1 Å². The number of carboxylic acid groups (broad SMARTS) is 1. The van der Waals surface area contributed by atoms with E-state index in [4.69, 9.17) is 5.11 Å². The molecule has 1 heterocycles. The van der Waals surface area contributed by atoms with Crippen molar-refractivity contribution in [3.63, 3.8) is 0 Å². The quantitative estimate of drug-likeness (QED) is 0.882. The lowest BCUT2D eigenvalue weighted by Gasteiger charge is -2.21. The van der Waals surface area contributed by atoms with Gasteiger partial charge in [0.25, 0.3) is 0 Å². The molecule has 102 valence electrons. The number of carbonyl (C=O) groups is 1. The molecule has 0 amide bonds. The molecule has 0 aliphatic rings. The van der Waals surface area contributed by atoms with E-state index < -0.39 is 5.97 Å². The number of fused-ring (bicyclic) bond motifs is 1. The molecule has 0 aliphatic carbocycles. The van der Waals surface area contributed by atoms with Gasteiger partial charge in [-0.3, -0.25) is 9.69 Å². The SMILES string of the molecule is CCN(Cc1nc2ccccc2s1)CC(C)C(=O)O. The van der Waals surface area contributed by atoms with E-state index in [-0.39, 0.29) is 5.92 Å². The second-order valence-electron chi connectivity index (χ2n) is 4.64. The molecule has 1 N–H and O–H groups in total. The zero-order valence-corrected chi connectivity index (χ0v) is 12.0. The van der Waals surface area contributed by atoms with Crippen molar-refractivity contribution in [2.45, 2.75) is 20.4 Å². The van der Waals surface area contributed by atoms with Crippen molar-refractivity contribution in [2.24, 2.45) is 5.92 Å². The number of benzene rings is 1. The fourth-order valence-corrected chi connectivity index (χ4v) is 2.96. The fourth-order valence-electron chi connectivity index (χ4n) is 1.95. The van der Waals surface area contributed by atoms with Crippen LogP contribution in [0, 0.1) is 5.92 Å². The molecule has 1 aromatic carbocycles. The van der Waals surface area contributed by atoms with Gasteiger partial charge in [-0.2, -0.15) is 0 Å².